The molecular formula is C59H106O6. The summed E-state index contributed by atoms with van der Waals surface area (Å²) in [7, 11) is 0. The maximum absolute atomic E-state index is 12.8. The number of rotatable bonds is 51. The second-order valence-electron chi connectivity index (χ2n) is 18.8. The van der Waals surface area contributed by atoms with E-state index in [1.54, 1.807) is 0 Å². The van der Waals surface area contributed by atoms with E-state index in [-0.39, 0.29) is 37.5 Å². The lowest BCUT2D eigenvalue weighted by molar-refractivity contribution is -0.167. The van der Waals surface area contributed by atoms with E-state index < -0.39 is 6.10 Å². The highest BCUT2D eigenvalue weighted by Gasteiger charge is 2.19. The minimum Gasteiger partial charge on any atom is -0.462 e. The molecule has 0 heterocycles. The fraction of sp³-hybridized carbons (Fsp3) is 0.814. The molecule has 0 saturated carbocycles. The summed E-state index contributed by atoms with van der Waals surface area (Å²) in [6.45, 7) is 6.60. The molecule has 0 saturated heterocycles. The summed E-state index contributed by atoms with van der Waals surface area (Å²) < 4.78 is 16.8. The van der Waals surface area contributed by atoms with Crippen LogP contribution in [0, 0.1) is 0 Å². The first-order chi connectivity index (χ1) is 32.0. The predicted octanol–water partition coefficient (Wildman–Crippen LogP) is 18.7. The van der Waals surface area contributed by atoms with Crippen molar-refractivity contribution in [2.75, 3.05) is 13.2 Å². The molecule has 0 unspecified atom stereocenters. The monoisotopic (exact) mass is 911 g/mol. The first-order valence-electron chi connectivity index (χ1n) is 28.1. The number of carbonyl (C=O) groups is 3. The van der Waals surface area contributed by atoms with Crippen LogP contribution >= 0.6 is 0 Å². The molecule has 0 aliphatic heterocycles. The van der Waals surface area contributed by atoms with E-state index in [0.29, 0.717) is 19.3 Å². The van der Waals surface area contributed by atoms with Gasteiger partial charge >= 0.3 is 17.9 Å². The standard InChI is InChI=1S/C59H106O6/c1-4-7-10-13-16-19-22-25-27-29-31-34-36-39-42-45-48-51-57(60)63-54-56(65-59(62)53-50-47-44-41-38-33-24-21-18-15-12-9-6-3)55-64-58(61)52-49-46-43-40-37-35-32-30-28-26-23-20-17-14-11-8-5-2/h21,24-25,27,31,34,39,42,56H,4-20,22-23,26,28-30,32-33,35-38,40-41,43-55H2,1-3H3/b24-21-,27-25-,34-31-,42-39-/t56-/m1/s1. The van der Waals surface area contributed by atoms with Crippen LogP contribution in [-0.4, -0.2) is 37.2 Å². The van der Waals surface area contributed by atoms with Crippen LogP contribution in [0.5, 0.6) is 0 Å². The average molecular weight is 911 g/mol. The van der Waals surface area contributed by atoms with Gasteiger partial charge in [0.15, 0.2) is 6.10 Å². The third-order valence-electron chi connectivity index (χ3n) is 12.3. The molecule has 6 nitrogen and oxygen atoms in total. The van der Waals surface area contributed by atoms with Gasteiger partial charge in [0.25, 0.3) is 0 Å². The molecular weight excluding hydrogens is 805 g/mol. The van der Waals surface area contributed by atoms with Gasteiger partial charge in [0.2, 0.25) is 0 Å². The first-order valence-corrected chi connectivity index (χ1v) is 28.1. The summed E-state index contributed by atoms with van der Waals surface area (Å²) in [6.07, 6.45) is 65.3. The van der Waals surface area contributed by atoms with Crippen molar-refractivity contribution in [3.8, 4) is 0 Å². The zero-order valence-electron chi connectivity index (χ0n) is 43.3. The Balaban J connectivity index is 4.41. The van der Waals surface area contributed by atoms with Gasteiger partial charge in [-0.05, 0) is 77.0 Å². The van der Waals surface area contributed by atoms with Crippen molar-refractivity contribution in [3.63, 3.8) is 0 Å². The molecule has 0 aromatic rings. The van der Waals surface area contributed by atoms with E-state index in [9.17, 15) is 14.4 Å². The molecule has 1 atom stereocenters. The van der Waals surface area contributed by atoms with Gasteiger partial charge in [-0.15, -0.1) is 0 Å². The lowest BCUT2D eigenvalue weighted by Gasteiger charge is -2.18. The van der Waals surface area contributed by atoms with Crippen molar-refractivity contribution >= 4 is 17.9 Å². The highest BCUT2D eigenvalue weighted by atomic mass is 16.6. The summed E-state index contributed by atoms with van der Waals surface area (Å²) in [4.78, 5) is 38.1. The Morgan fingerprint density at radius 2 is 0.569 bits per heavy atom. The van der Waals surface area contributed by atoms with Gasteiger partial charge in [-0.2, -0.15) is 0 Å². The fourth-order valence-electron chi connectivity index (χ4n) is 8.04. The lowest BCUT2D eigenvalue weighted by atomic mass is 10.0. The normalized spacial score (nSPS) is 12.4. The van der Waals surface area contributed by atoms with Gasteiger partial charge in [-0.25, -0.2) is 0 Å². The van der Waals surface area contributed by atoms with E-state index in [4.69, 9.17) is 14.2 Å². The van der Waals surface area contributed by atoms with Gasteiger partial charge in [0.1, 0.15) is 13.2 Å². The molecule has 6 heteroatoms. The zero-order chi connectivity index (χ0) is 47.2. The summed E-state index contributed by atoms with van der Waals surface area (Å²) in [5.74, 6) is -0.941. The highest BCUT2D eigenvalue weighted by molar-refractivity contribution is 5.71. The largest absolute Gasteiger partial charge is 0.462 e. The molecule has 0 aromatic heterocycles. The third kappa shape index (κ3) is 52.2. The van der Waals surface area contributed by atoms with Crippen LogP contribution in [0.2, 0.25) is 0 Å². The maximum Gasteiger partial charge on any atom is 0.306 e. The smallest absolute Gasteiger partial charge is 0.306 e. The van der Waals surface area contributed by atoms with E-state index in [1.807, 2.05) is 0 Å². The van der Waals surface area contributed by atoms with Crippen molar-refractivity contribution in [2.24, 2.45) is 0 Å². The minimum atomic E-state index is -0.795. The molecule has 0 rings (SSSR count). The second-order valence-corrected chi connectivity index (χ2v) is 18.8. The molecule has 65 heavy (non-hydrogen) atoms. The fourth-order valence-corrected chi connectivity index (χ4v) is 8.04. The number of unbranched alkanes of at least 4 members (excludes halogenated alkanes) is 32. The average Bonchev–Trinajstić information content (AvgIpc) is 3.30. The first kappa shape index (κ1) is 62.4. The van der Waals surface area contributed by atoms with Crippen LogP contribution in [0.25, 0.3) is 0 Å². The molecule has 0 spiro atoms. The van der Waals surface area contributed by atoms with E-state index in [0.717, 1.165) is 70.6 Å². The molecule has 0 bridgehead atoms. The van der Waals surface area contributed by atoms with Crippen LogP contribution < -0.4 is 0 Å². The van der Waals surface area contributed by atoms with Gasteiger partial charge in [0.05, 0.1) is 0 Å². The summed E-state index contributed by atoms with van der Waals surface area (Å²) >= 11 is 0. The zero-order valence-corrected chi connectivity index (χ0v) is 43.3. The summed E-state index contributed by atoms with van der Waals surface area (Å²) in [5, 5.41) is 0. The van der Waals surface area contributed by atoms with E-state index in [1.165, 1.54) is 173 Å². The number of hydrogen-bond acceptors (Lipinski definition) is 6. The Kier molecular flexibility index (Phi) is 51.8. The molecule has 0 fully saturated rings. The van der Waals surface area contributed by atoms with Crippen LogP contribution in [0.3, 0.4) is 0 Å². The van der Waals surface area contributed by atoms with Crippen molar-refractivity contribution in [3.05, 3.63) is 48.6 Å². The molecule has 0 aliphatic rings. The van der Waals surface area contributed by atoms with Gasteiger partial charge in [0, 0.05) is 19.3 Å². The van der Waals surface area contributed by atoms with Gasteiger partial charge in [-0.3, -0.25) is 14.4 Å². The Morgan fingerprint density at radius 3 is 0.954 bits per heavy atom. The Hall–Kier alpha value is -2.63. The van der Waals surface area contributed by atoms with Crippen LogP contribution in [0.4, 0.5) is 0 Å². The molecule has 0 aromatic carbocycles. The number of carbonyl (C=O) groups excluding carboxylic acids is 3. The molecule has 0 aliphatic carbocycles. The third-order valence-corrected chi connectivity index (χ3v) is 12.3. The highest BCUT2D eigenvalue weighted by Crippen LogP contribution is 2.16. The van der Waals surface area contributed by atoms with Crippen molar-refractivity contribution in [2.45, 2.75) is 297 Å². The SMILES string of the molecule is CCCCCC/C=C\CCCCCCCC(=O)O[C@H](COC(=O)CCC/C=C\C/C=C\C/C=C\CCCCCCCC)COC(=O)CCCCCCCCCCCCCCCCCCC. The Bertz CT molecular complexity index is 1140. The van der Waals surface area contributed by atoms with Crippen LogP contribution in [0.1, 0.15) is 290 Å². The summed E-state index contributed by atoms with van der Waals surface area (Å²) in [5.41, 5.74) is 0. The maximum atomic E-state index is 12.8. The van der Waals surface area contributed by atoms with E-state index in [2.05, 4.69) is 69.4 Å². The van der Waals surface area contributed by atoms with Gasteiger partial charge in [-0.1, -0.05) is 243 Å². The Morgan fingerprint density at radius 1 is 0.308 bits per heavy atom. The lowest BCUT2D eigenvalue weighted by Crippen LogP contribution is -2.30. The topological polar surface area (TPSA) is 78.9 Å². The molecule has 0 N–H and O–H groups in total. The molecule has 0 radical (unpaired) electrons. The number of ether oxygens (including phenoxy) is 3. The number of esters is 3. The quantitative estimate of drug-likeness (QED) is 0.0262. The van der Waals surface area contributed by atoms with Crippen molar-refractivity contribution in [1.82, 2.24) is 0 Å². The van der Waals surface area contributed by atoms with E-state index >= 15 is 0 Å². The predicted molar refractivity (Wildman–Crippen MR) is 279 cm³/mol. The summed E-state index contributed by atoms with van der Waals surface area (Å²) in [6, 6.07) is 0. The van der Waals surface area contributed by atoms with Gasteiger partial charge < -0.3 is 14.2 Å². The van der Waals surface area contributed by atoms with Crippen LogP contribution in [-0.2, 0) is 28.6 Å². The Labute approximate surface area is 403 Å². The minimum absolute atomic E-state index is 0.0892. The molecule has 0 amide bonds. The van der Waals surface area contributed by atoms with Crippen molar-refractivity contribution in [1.29, 1.82) is 0 Å². The molecule has 378 valence electrons. The number of hydrogen-bond donors (Lipinski definition) is 0. The second kappa shape index (κ2) is 54.0. The number of allylic oxidation sites excluding steroid dienone is 8. The van der Waals surface area contributed by atoms with Crippen molar-refractivity contribution < 1.29 is 28.6 Å². The van der Waals surface area contributed by atoms with Crippen LogP contribution in [0.15, 0.2) is 48.6 Å².